The number of carbonyl (C=O) groups excluding carboxylic acids is 3. The van der Waals surface area contributed by atoms with Crippen LogP contribution in [0.3, 0.4) is 0 Å². The summed E-state index contributed by atoms with van der Waals surface area (Å²) in [6.45, 7) is 2.58. The van der Waals surface area contributed by atoms with Gasteiger partial charge in [0.1, 0.15) is 18.0 Å². The molecule has 16 heavy (non-hydrogen) atoms. The molecule has 6 nitrogen and oxygen atoms in total. The van der Waals surface area contributed by atoms with E-state index in [1.165, 1.54) is 13.8 Å². The van der Waals surface area contributed by atoms with Crippen LogP contribution in [-0.2, 0) is 19.2 Å². The van der Waals surface area contributed by atoms with Gasteiger partial charge in [-0.1, -0.05) is 7.43 Å². The number of Topliss-reactive ketones (excluding diaryl/α,β-unsaturated/α-hetero) is 2. The van der Waals surface area contributed by atoms with E-state index in [0.717, 1.165) is 0 Å². The van der Waals surface area contributed by atoms with Crippen molar-refractivity contribution in [3.8, 4) is 0 Å². The van der Waals surface area contributed by atoms with E-state index in [0.29, 0.717) is 0 Å². The minimum Gasteiger partial charge on any atom is -0.481 e. The van der Waals surface area contributed by atoms with E-state index in [9.17, 15) is 19.2 Å². The summed E-state index contributed by atoms with van der Waals surface area (Å²) in [6, 6.07) is 0. The molecule has 0 aromatic rings. The van der Waals surface area contributed by atoms with Crippen molar-refractivity contribution in [1.29, 1.82) is 1.43 Å². The maximum atomic E-state index is 10.0. The molecule has 0 radical (unpaired) electrons. The Morgan fingerprint density at radius 1 is 1.19 bits per heavy atom. The molecule has 0 atom stereocenters. The Labute approximate surface area is 102 Å². The molecule has 7 heteroatoms. The number of ketones is 2. The van der Waals surface area contributed by atoms with Crippen molar-refractivity contribution >= 4 is 34.4 Å². The van der Waals surface area contributed by atoms with Crippen molar-refractivity contribution in [1.82, 2.24) is 0 Å². The van der Waals surface area contributed by atoms with Gasteiger partial charge in [-0.2, -0.15) is 0 Å². The standard InChI is InChI=1S/C4H5ClO2.C4H6O3.CH4.H2O/c1-3(6)2-4(5)7;1-3(5)2-4(6)7;;/h2H2,1H3;2H2,1H3,(H,6,7);1H4;1H2/i/hD2. The molecule has 0 aromatic carbocycles. The third-order valence-corrected chi connectivity index (χ3v) is 0.915. The van der Waals surface area contributed by atoms with Crippen LogP contribution in [-0.4, -0.2) is 33.4 Å². The van der Waals surface area contributed by atoms with Gasteiger partial charge in [0.15, 0.2) is 0 Å². The maximum Gasteiger partial charge on any atom is 0.310 e. The summed E-state index contributed by atoms with van der Waals surface area (Å²) in [4.78, 5) is 39.8. The molecule has 3 N–H and O–H groups in total. The summed E-state index contributed by atoms with van der Waals surface area (Å²) in [5.41, 5.74) is 6.25. The van der Waals surface area contributed by atoms with Gasteiger partial charge in [-0.05, 0) is 25.4 Å². The lowest BCUT2D eigenvalue weighted by Gasteiger charge is -1.80. The number of hydrogen-bond donors (Lipinski definition) is 1. The van der Waals surface area contributed by atoms with Crippen LogP contribution in [0.15, 0.2) is 0 Å². The molecule has 0 aromatic heterocycles. The molecular weight excluding hydrogens is 240 g/mol. The Morgan fingerprint density at radius 3 is 1.62 bits per heavy atom. The molecule has 0 heterocycles. The van der Waals surface area contributed by atoms with Gasteiger partial charge in [0, 0.05) is 0 Å². The topological polar surface area (TPSA) is 120 Å². The van der Waals surface area contributed by atoms with Crippen LogP contribution in [0, 0.1) is 0 Å². The summed E-state index contributed by atoms with van der Waals surface area (Å²) in [7, 11) is 0. The molecule has 0 rings (SSSR count). The van der Waals surface area contributed by atoms with E-state index < -0.39 is 11.2 Å². The molecular formula is C9H17ClO6. The summed E-state index contributed by atoms with van der Waals surface area (Å²) in [5.74, 6) is -1.29. The van der Waals surface area contributed by atoms with E-state index in [4.69, 9.17) is 19.9 Å². The van der Waals surface area contributed by atoms with Crippen molar-refractivity contribution in [2.24, 2.45) is 0 Å². The second-order valence-corrected chi connectivity index (χ2v) is 2.91. The van der Waals surface area contributed by atoms with Gasteiger partial charge in [-0.15, -0.1) is 0 Å². The van der Waals surface area contributed by atoms with Gasteiger partial charge in [-0.3, -0.25) is 19.2 Å². The molecule has 0 saturated carbocycles. The van der Waals surface area contributed by atoms with Crippen molar-refractivity contribution < 1.29 is 31.2 Å². The third kappa shape index (κ3) is 38.7. The van der Waals surface area contributed by atoms with Gasteiger partial charge in [0.2, 0.25) is 6.67 Å². The molecule has 0 unspecified atom stereocenters. The van der Waals surface area contributed by atoms with Crippen molar-refractivity contribution in [2.45, 2.75) is 34.1 Å². The highest BCUT2D eigenvalue weighted by molar-refractivity contribution is 6.64. The first kappa shape index (κ1) is 17.1. The Kier molecular flexibility index (Phi) is 14.7. The number of hydrogen-bond acceptors (Lipinski definition) is 5. The zero-order chi connectivity index (χ0) is 14.4. The summed E-state index contributed by atoms with van der Waals surface area (Å²) >= 11 is 4.81. The largest absolute Gasteiger partial charge is 0.481 e. The minimum absolute atomic E-state index is 0. The number of aliphatic carboxylic acids is 1. The average Bonchev–Trinajstić information content (AvgIpc) is 2.18. The zero-order valence-electron chi connectivity index (χ0n) is 10.3. The van der Waals surface area contributed by atoms with Crippen molar-refractivity contribution in [2.75, 3.05) is 0 Å². The first-order chi connectivity index (χ1) is 7.79. The highest BCUT2D eigenvalue weighted by Crippen LogP contribution is 1.87. The maximum absolute atomic E-state index is 10.0. The van der Waals surface area contributed by atoms with Gasteiger partial charge < -0.3 is 10.6 Å². The second-order valence-electron chi connectivity index (χ2n) is 2.48. The van der Waals surface area contributed by atoms with E-state index in [1.54, 1.807) is 0 Å². The average molecular weight is 259 g/mol. The van der Waals surface area contributed by atoms with E-state index in [1.807, 2.05) is 0 Å². The van der Waals surface area contributed by atoms with E-state index >= 15 is 0 Å². The van der Waals surface area contributed by atoms with Crippen LogP contribution >= 0.6 is 11.6 Å². The fourth-order valence-electron chi connectivity index (χ4n) is 0.399. The Hall–Kier alpha value is -1.27. The lowest BCUT2D eigenvalue weighted by molar-refractivity contribution is -0.139. The number of carboxylic acid groups (broad SMARTS) is 1. The van der Waals surface area contributed by atoms with Crippen LogP contribution in [0.5, 0.6) is 0 Å². The lowest BCUT2D eigenvalue weighted by atomic mass is 10.3. The number of carboxylic acids is 1. The first-order valence-electron chi connectivity index (χ1n) is 4.48. The van der Waals surface area contributed by atoms with Gasteiger partial charge in [0.05, 0.1) is 6.42 Å². The molecule has 0 amide bonds. The molecule has 0 bridgehead atoms. The van der Waals surface area contributed by atoms with Crippen LogP contribution in [0.2, 0.25) is 0 Å². The summed E-state index contributed by atoms with van der Waals surface area (Å²) < 4.78 is 10.8. The molecule has 0 aliphatic rings. The molecule has 0 aliphatic heterocycles. The normalized spacial score (nSPS) is 8.25. The predicted octanol–water partition coefficient (Wildman–Crippen LogP) is 0.592. The van der Waals surface area contributed by atoms with Gasteiger partial charge in [-0.25, -0.2) is 0 Å². The predicted molar refractivity (Wildman–Crippen MR) is 59.4 cm³/mol. The molecule has 0 spiro atoms. The lowest BCUT2D eigenvalue weighted by Crippen LogP contribution is -2.00. The number of halogens is 1. The Morgan fingerprint density at radius 2 is 1.56 bits per heavy atom. The molecule has 0 fully saturated rings. The van der Waals surface area contributed by atoms with Crippen molar-refractivity contribution in [3.05, 3.63) is 0 Å². The molecule has 0 saturated heterocycles. The van der Waals surface area contributed by atoms with Crippen LogP contribution < -0.4 is 0 Å². The zero-order valence-corrected chi connectivity index (χ0v) is 9.04. The first-order valence-corrected chi connectivity index (χ1v) is 4.00. The van der Waals surface area contributed by atoms with E-state index in [-0.39, 0.29) is 31.8 Å². The number of carbonyl (C=O) groups is 4. The fourth-order valence-corrected chi connectivity index (χ4v) is 0.587. The van der Waals surface area contributed by atoms with Gasteiger partial charge >= 0.3 is 5.97 Å². The molecule has 0 aliphatic carbocycles. The quantitative estimate of drug-likeness (QED) is 0.584. The van der Waals surface area contributed by atoms with Crippen LogP contribution in [0.25, 0.3) is 1.43 Å². The van der Waals surface area contributed by atoms with E-state index in [2.05, 4.69) is 5.11 Å². The SMILES string of the molecule is C.CC(=O)CC(=O)Cl.[2H]O.[2H]OC(=O)CC(C)=O. The van der Waals surface area contributed by atoms with Gasteiger partial charge in [0.25, 0.3) is 1.43 Å². The van der Waals surface area contributed by atoms with Crippen LogP contribution in [0.1, 0.15) is 35.5 Å². The third-order valence-electron chi connectivity index (χ3n) is 0.781. The smallest absolute Gasteiger partial charge is 0.310 e. The van der Waals surface area contributed by atoms with Crippen molar-refractivity contribution in [3.63, 3.8) is 0 Å². The minimum atomic E-state index is -0.808. The Bertz CT molecular complexity index is 258. The van der Waals surface area contributed by atoms with Crippen LogP contribution in [0.4, 0.5) is 0 Å². The fraction of sp³-hybridized carbons (Fsp3) is 0.556. The highest BCUT2D eigenvalue weighted by Gasteiger charge is 1.98. The number of rotatable bonds is 4. The second kappa shape index (κ2) is 13.7. The highest BCUT2D eigenvalue weighted by atomic mass is 35.5. The molecule has 96 valence electrons. The Balaban J connectivity index is -0.0000000916. The summed E-state index contributed by atoms with van der Waals surface area (Å²) in [6.07, 6.45) is -0.453. The summed E-state index contributed by atoms with van der Waals surface area (Å²) in [5, 5.41) is 2.86. The monoisotopic (exact) mass is 258 g/mol.